The normalized spacial score (nSPS) is 25.0. The van der Waals surface area contributed by atoms with Gasteiger partial charge in [0.25, 0.3) is 15.9 Å². The predicted octanol–water partition coefficient (Wildman–Crippen LogP) is 0.239. The number of carbonyl (C=O) groups is 1. The lowest BCUT2D eigenvalue weighted by molar-refractivity contribution is -0.133. The Balaban J connectivity index is 2.98. The fraction of sp³-hybridized carbons (Fsp3) is 0.750. The minimum absolute atomic E-state index is 0.0288. The van der Waals surface area contributed by atoms with Gasteiger partial charge in [0.2, 0.25) is 0 Å². The molecule has 5 nitrogen and oxygen atoms in total. The van der Waals surface area contributed by atoms with Crippen molar-refractivity contribution in [2.75, 3.05) is 0 Å². The van der Waals surface area contributed by atoms with Gasteiger partial charge < -0.3 is 0 Å². The van der Waals surface area contributed by atoms with E-state index in [0.717, 1.165) is 4.31 Å². The zero-order valence-electron chi connectivity index (χ0n) is 8.31. The topological polar surface area (TPSA) is 78.2 Å². The fourth-order valence-corrected chi connectivity index (χ4v) is 3.02. The van der Waals surface area contributed by atoms with E-state index in [4.69, 9.17) is 5.26 Å². The van der Waals surface area contributed by atoms with Crippen molar-refractivity contribution < 1.29 is 13.2 Å². The monoisotopic (exact) mass is 216 g/mol. The number of amides is 1. The van der Waals surface area contributed by atoms with Gasteiger partial charge in [0.15, 0.2) is 4.75 Å². The van der Waals surface area contributed by atoms with Crippen LogP contribution in [0.4, 0.5) is 0 Å². The molecule has 1 saturated heterocycles. The first-order chi connectivity index (χ1) is 6.26. The Hall–Kier alpha value is -1.09. The summed E-state index contributed by atoms with van der Waals surface area (Å²) in [6.45, 7) is 4.30. The summed E-state index contributed by atoms with van der Waals surface area (Å²) < 4.78 is 22.7. The lowest BCUT2D eigenvalue weighted by atomic mass is 10.1. The van der Waals surface area contributed by atoms with Crippen LogP contribution >= 0.6 is 0 Å². The molecule has 0 aliphatic carbocycles. The molecule has 0 aromatic heterocycles. The van der Waals surface area contributed by atoms with Crippen LogP contribution < -0.4 is 0 Å². The van der Waals surface area contributed by atoms with E-state index < -0.39 is 26.7 Å². The van der Waals surface area contributed by atoms with Gasteiger partial charge >= 0.3 is 0 Å². The number of carbonyl (C=O) groups excluding carboxylic acids is 1. The summed E-state index contributed by atoms with van der Waals surface area (Å²) >= 11 is 0. The number of sulfonamides is 1. The van der Waals surface area contributed by atoms with E-state index in [9.17, 15) is 13.2 Å². The first-order valence-corrected chi connectivity index (χ1v) is 5.66. The van der Waals surface area contributed by atoms with Crippen LogP contribution in [0.2, 0.25) is 0 Å². The summed E-state index contributed by atoms with van der Waals surface area (Å²) in [5.74, 6) is -0.430. The molecule has 0 saturated carbocycles. The SMILES string of the molecule is CC(CC#N)N1C(=O)C(C)(C)S1(=O)=O. The number of nitriles is 1. The third kappa shape index (κ3) is 1.12. The molecule has 1 aliphatic rings. The summed E-state index contributed by atoms with van der Waals surface area (Å²) in [7, 11) is -3.54. The highest BCUT2D eigenvalue weighted by Crippen LogP contribution is 2.36. The molecule has 0 spiro atoms. The summed E-state index contributed by atoms with van der Waals surface area (Å²) in [6, 6.07) is 1.28. The van der Waals surface area contributed by atoms with Crippen molar-refractivity contribution in [2.45, 2.75) is 38.0 Å². The fourth-order valence-electron chi connectivity index (χ4n) is 1.34. The molecule has 1 aliphatic heterocycles. The van der Waals surface area contributed by atoms with Gasteiger partial charge in [-0.05, 0) is 20.8 Å². The molecule has 1 rings (SSSR count). The van der Waals surface area contributed by atoms with E-state index in [2.05, 4.69) is 0 Å². The maximum absolute atomic E-state index is 11.6. The maximum atomic E-state index is 11.6. The predicted molar refractivity (Wildman–Crippen MR) is 49.5 cm³/mol. The molecular formula is C8H12N2O3S. The molecule has 1 atom stereocenters. The molecule has 0 N–H and O–H groups in total. The molecule has 0 aromatic carbocycles. The second kappa shape index (κ2) is 2.95. The van der Waals surface area contributed by atoms with Crippen molar-refractivity contribution >= 4 is 15.9 Å². The zero-order valence-corrected chi connectivity index (χ0v) is 9.13. The Morgan fingerprint density at radius 2 is 2.07 bits per heavy atom. The Morgan fingerprint density at radius 3 is 2.43 bits per heavy atom. The molecule has 0 bridgehead atoms. The lowest BCUT2D eigenvalue weighted by Gasteiger charge is -2.45. The molecule has 1 fully saturated rings. The van der Waals surface area contributed by atoms with E-state index in [1.54, 1.807) is 6.92 Å². The van der Waals surface area contributed by atoms with E-state index in [1.807, 2.05) is 6.07 Å². The van der Waals surface area contributed by atoms with Gasteiger partial charge in [-0.2, -0.15) is 5.26 Å². The summed E-state index contributed by atoms with van der Waals surface area (Å²) in [5.41, 5.74) is 0. The third-order valence-corrected chi connectivity index (χ3v) is 4.91. The standard InChI is InChI=1S/C8H12N2O3S/c1-6(4-5-9)10-7(11)8(2,3)14(10,12)13/h6H,4H2,1-3H3. The van der Waals surface area contributed by atoms with E-state index >= 15 is 0 Å². The van der Waals surface area contributed by atoms with Gasteiger partial charge in [-0.1, -0.05) is 0 Å². The molecule has 1 unspecified atom stereocenters. The average molecular weight is 216 g/mol. The minimum Gasteiger partial charge on any atom is -0.272 e. The first-order valence-electron chi connectivity index (χ1n) is 4.22. The Bertz CT molecular complexity index is 405. The number of hydrogen-bond acceptors (Lipinski definition) is 4. The minimum atomic E-state index is -3.54. The lowest BCUT2D eigenvalue weighted by Crippen LogP contribution is -2.69. The van der Waals surface area contributed by atoms with Crippen LogP contribution in [-0.4, -0.2) is 29.4 Å². The first kappa shape index (κ1) is 11.0. The van der Waals surface area contributed by atoms with Gasteiger partial charge in [-0.3, -0.25) is 4.79 Å². The molecule has 0 aromatic rings. The van der Waals surface area contributed by atoms with Crippen LogP contribution in [0.25, 0.3) is 0 Å². The molecule has 14 heavy (non-hydrogen) atoms. The van der Waals surface area contributed by atoms with Crippen LogP contribution in [0.3, 0.4) is 0 Å². The highest BCUT2D eigenvalue weighted by Gasteiger charge is 2.61. The van der Waals surface area contributed by atoms with Gasteiger partial charge in [-0.15, -0.1) is 0 Å². The molecule has 1 heterocycles. The van der Waals surface area contributed by atoms with Crippen LogP contribution in [0, 0.1) is 11.3 Å². The van der Waals surface area contributed by atoms with Crippen molar-refractivity contribution in [3.8, 4) is 6.07 Å². The van der Waals surface area contributed by atoms with Crippen LogP contribution in [0.15, 0.2) is 0 Å². The van der Waals surface area contributed by atoms with Crippen LogP contribution in [-0.2, 0) is 14.8 Å². The van der Waals surface area contributed by atoms with Crippen molar-refractivity contribution in [2.24, 2.45) is 0 Å². The molecule has 6 heteroatoms. The van der Waals surface area contributed by atoms with Gasteiger partial charge in [0.05, 0.1) is 18.5 Å². The smallest absolute Gasteiger partial charge is 0.259 e. The molecule has 78 valence electrons. The maximum Gasteiger partial charge on any atom is 0.259 e. The number of hydrogen-bond donors (Lipinski definition) is 0. The molecular weight excluding hydrogens is 204 g/mol. The van der Waals surface area contributed by atoms with Crippen molar-refractivity contribution in [3.05, 3.63) is 0 Å². The van der Waals surface area contributed by atoms with E-state index in [-0.39, 0.29) is 6.42 Å². The van der Waals surface area contributed by atoms with Gasteiger partial charge in [-0.25, -0.2) is 12.7 Å². The Kier molecular flexibility index (Phi) is 2.32. The van der Waals surface area contributed by atoms with Crippen molar-refractivity contribution in [1.82, 2.24) is 4.31 Å². The van der Waals surface area contributed by atoms with Crippen molar-refractivity contribution in [1.29, 1.82) is 5.26 Å². The number of rotatable bonds is 2. The molecule has 1 amide bonds. The summed E-state index contributed by atoms with van der Waals surface area (Å²) in [4.78, 5) is 11.5. The highest BCUT2D eigenvalue weighted by atomic mass is 32.2. The second-order valence-electron chi connectivity index (χ2n) is 3.83. The third-order valence-electron chi connectivity index (χ3n) is 2.41. The molecule has 0 radical (unpaired) electrons. The Morgan fingerprint density at radius 1 is 1.57 bits per heavy atom. The zero-order chi connectivity index (χ0) is 11.1. The van der Waals surface area contributed by atoms with Crippen molar-refractivity contribution in [3.63, 3.8) is 0 Å². The number of nitrogens with zero attached hydrogens (tertiary/aromatic N) is 2. The van der Waals surface area contributed by atoms with Crippen LogP contribution in [0.1, 0.15) is 27.2 Å². The van der Waals surface area contributed by atoms with Gasteiger partial charge in [0.1, 0.15) is 0 Å². The quantitative estimate of drug-likeness (QED) is 0.662. The van der Waals surface area contributed by atoms with Crippen LogP contribution in [0.5, 0.6) is 0 Å². The summed E-state index contributed by atoms with van der Waals surface area (Å²) in [6.07, 6.45) is 0.0288. The van der Waals surface area contributed by atoms with Gasteiger partial charge in [0, 0.05) is 0 Å². The van der Waals surface area contributed by atoms with E-state index in [0.29, 0.717) is 0 Å². The highest BCUT2D eigenvalue weighted by molar-refractivity contribution is 7.94. The summed E-state index contributed by atoms with van der Waals surface area (Å²) in [5, 5.41) is 8.41. The average Bonchev–Trinajstić information content (AvgIpc) is 2.04. The van der Waals surface area contributed by atoms with E-state index in [1.165, 1.54) is 13.8 Å². The second-order valence-corrected chi connectivity index (χ2v) is 6.19. The largest absolute Gasteiger partial charge is 0.272 e. The Labute approximate surface area is 83.4 Å².